The molecule has 1 N–H and O–H groups in total. The number of aryl methyl sites for hydroxylation is 1. The number of rotatable bonds is 4. The van der Waals surface area contributed by atoms with E-state index < -0.39 is 6.10 Å². The first kappa shape index (κ1) is 16.3. The second-order valence-electron chi connectivity index (χ2n) is 6.22. The molecule has 0 spiro atoms. The molecule has 120 valence electrons. The average molecular weight is 326 g/mol. The number of hydrogen-bond donors (Lipinski definition) is 1. The molecule has 0 heterocycles. The Hall–Kier alpha value is -1.58. The van der Waals surface area contributed by atoms with Gasteiger partial charge in [0, 0.05) is 15.7 Å². The third-order valence-corrected chi connectivity index (χ3v) is 5.85. The normalized spacial score (nSPS) is 24.3. The zero-order valence-corrected chi connectivity index (χ0v) is 14.1. The van der Waals surface area contributed by atoms with Crippen LogP contribution in [0.25, 0.3) is 0 Å². The Kier molecular flexibility index (Phi) is 5.19. The van der Waals surface area contributed by atoms with Crippen molar-refractivity contribution in [3.63, 3.8) is 0 Å². The number of aliphatic hydroxyl groups excluding tert-OH is 1. The van der Waals surface area contributed by atoms with Crippen LogP contribution in [0.4, 0.5) is 0 Å². The molecule has 0 aromatic heterocycles. The van der Waals surface area contributed by atoms with Crippen LogP contribution in [0, 0.1) is 12.8 Å². The van der Waals surface area contributed by atoms with Crippen molar-refractivity contribution >= 4 is 17.5 Å². The van der Waals surface area contributed by atoms with E-state index >= 15 is 0 Å². The molecule has 0 aliphatic heterocycles. The van der Waals surface area contributed by atoms with Gasteiger partial charge in [-0.15, -0.1) is 11.8 Å². The highest BCUT2D eigenvalue weighted by molar-refractivity contribution is 8.00. The lowest BCUT2D eigenvalue weighted by molar-refractivity contribution is 0.0547. The highest BCUT2D eigenvalue weighted by Crippen LogP contribution is 2.39. The molecular formula is C20H22O2S. The van der Waals surface area contributed by atoms with Crippen LogP contribution in [0.5, 0.6) is 0 Å². The molecule has 23 heavy (non-hydrogen) atoms. The van der Waals surface area contributed by atoms with Gasteiger partial charge in [0.25, 0.3) is 0 Å². The minimum atomic E-state index is -0.542. The van der Waals surface area contributed by atoms with Gasteiger partial charge >= 0.3 is 0 Å². The van der Waals surface area contributed by atoms with Crippen LogP contribution in [-0.2, 0) is 0 Å². The van der Waals surface area contributed by atoms with E-state index in [1.165, 1.54) is 10.5 Å². The lowest BCUT2D eigenvalue weighted by atomic mass is 9.81. The second-order valence-corrected chi connectivity index (χ2v) is 7.54. The number of Topliss-reactive ketones (excluding diaryl/α,β-unsaturated/α-hetero) is 1. The molecule has 2 nitrogen and oxygen atoms in total. The van der Waals surface area contributed by atoms with E-state index in [0.717, 1.165) is 12.8 Å². The largest absolute Gasteiger partial charge is 0.392 e. The Morgan fingerprint density at radius 1 is 1.04 bits per heavy atom. The number of thioether (sulfide) groups is 1. The SMILES string of the molecule is Cc1ccc(S[C@H]2CCC[C@H](O)[C@@H]2C(=O)c2ccccc2)cc1. The van der Waals surface area contributed by atoms with Gasteiger partial charge in [-0.05, 0) is 38.3 Å². The van der Waals surface area contributed by atoms with Gasteiger partial charge in [0.15, 0.2) is 5.78 Å². The first-order valence-corrected chi connectivity index (χ1v) is 9.04. The molecule has 3 atom stereocenters. The van der Waals surface area contributed by atoms with Crippen LogP contribution >= 0.6 is 11.8 Å². The van der Waals surface area contributed by atoms with Crippen molar-refractivity contribution in [3.8, 4) is 0 Å². The molecule has 3 heteroatoms. The summed E-state index contributed by atoms with van der Waals surface area (Å²) in [5, 5.41) is 10.6. The molecule has 1 aliphatic rings. The molecule has 1 saturated carbocycles. The molecule has 0 unspecified atom stereocenters. The van der Waals surface area contributed by atoms with E-state index in [0.29, 0.717) is 12.0 Å². The van der Waals surface area contributed by atoms with Gasteiger partial charge in [-0.25, -0.2) is 0 Å². The van der Waals surface area contributed by atoms with E-state index in [4.69, 9.17) is 0 Å². The van der Waals surface area contributed by atoms with E-state index in [2.05, 4.69) is 31.2 Å². The summed E-state index contributed by atoms with van der Waals surface area (Å²) in [6, 6.07) is 17.7. The minimum absolute atomic E-state index is 0.0717. The topological polar surface area (TPSA) is 37.3 Å². The highest BCUT2D eigenvalue weighted by Gasteiger charge is 2.38. The fourth-order valence-corrected chi connectivity index (χ4v) is 4.58. The Morgan fingerprint density at radius 3 is 2.43 bits per heavy atom. The van der Waals surface area contributed by atoms with E-state index in [1.54, 1.807) is 11.8 Å². The molecule has 1 fully saturated rings. The van der Waals surface area contributed by atoms with E-state index in [-0.39, 0.29) is 17.0 Å². The van der Waals surface area contributed by atoms with Gasteiger partial charge in [-0.2, -0.15) is 0 Å². The fraction of sp³-hybridized carbons (Fsp3) is 0.350. The third-order valence-electron chi connectivity index (χ3n) is 4.47. The lowest BCUT2D eigenvalue weighted by Crippen LogP contribution is -2.40. The molecule has 2 aromatic rings. The predicted molar refractivity (Wildman–Crippen MR) is 94.9 cm³/mol. The molecule has 3 rings (SSSR count). The Balaban J connectivity index is 1.82. The number of carbonyl (C=O) groups is 1. The second kappa shape index (κ2) is 7.33. The summed E-state index contributed by atoms with van der Waals surface area (Å²) in [6.07, 6.45) is 2.12. The number of carbonyl (C=O) groups excluding carboxylic acids is 1. The summed E-state index contributed by atoms with van der Waals surface area (Å²) in [5.74, 6) is -0.250. The van der Waals surface area contributed by atoms with Gasteiger partial charge < -0.3 is 5.11 Å². The summed E-state index contributed by atoms with van der Waals surface area (Å²) in [7, 11) is 0. The maximum Gasteiger partial charge on any atom is 0.169 e. The maximum atomic E-state index is 12.9. The van der Waals surface area contributed by atoms with Crippen molar-refractivity contribution in [3.05, 3.63) is 65.7 Å². The van der Waals surface area contributed by atoms with Gasteiger partial charge in [-0.1, -0.05) is 48.0 Å². The van der Waals surface area contributed by atoms with Crippen molar-refractivity contribution in [1.29, 1.82) is 0 Å². The molecule has 1 aliphatic carbocycles. The maximum absolute atomic E-state index is 12.9. The summed E-state index contributed by atoms with van der Waals surface area (Å²) < 4.78 is 0. The molecule has 0 bridgehead atoms. The number of benzene rings is 2. The van der Waals surface area contributed by atoms with Crippen LogP contribution < -0.4 is 0 Å². The van der Waals surface area contributed by atoms with Crippen LogP contribution in [0.3, 0.4) is 0 Å². The monoisotopic (exact) mass is 326 g/mol. The highest BCUT2D eigenvalue weighted by atomic mass is 32.2. The van der Waals surface area contributed by atoms with Gasteiger partial charge in [0.05, 0.1) is 12.0 Å². The predicted octanol–water partition coefficient (Wildman–Crippen LogP) is 4.50. The fourth-order valence-electron chi connectivity index (χ4n) is 3.20. The van der Waals surface area contributed by atoms with Crippen molar-refractivity contribution in [2.45, 2.75) is 42.4 Å². The van der Waals surface area contributed by atoms with E-state index in [9.17, 15) is 9.90 Å². The Bertz CT molecular complexity index is 651. The zero-order chi connectivity index (χ0) is 16.2. The van der Waals surface area contributed by atoms with Crippen LogP contribution in [0.15, 0.2) is 59.5 Å². The first-order chi connectivity index (χ1) is 11.1. The molecule has 2 aromatic carbocycles. The summed E-state index contributed by atoms with van der Waals surface area (Å²) in [6.45, 7) is 2.07. The summed E-state index contributed by atoms with van der Waals surface area (Å²) >= 11 is 1.73. The number of aliphatic hydroxyl groups is 1. The molecule has 0 radical (unpaired) electrons. The standard InChI is InChI=1S/C20H22O2S/c1-14-10-12-16(13-11-14)23-18-9-5-8-17(21)19(18)20(22)15-6-3-2-4-7-15/h2-4,6-7,10-13,17-19,21H,5,8-9H2,1H3/t17-,18-,19-/m0/s1. The zero-order valence-electron chi connectivity index (χ0n) is 13.3. The van der Waals surface area contributed by atoms with Gasteiger partial charge in [0.2, 0.25) is 0 Å². The van der Waals surface area contributed by atoms with Crippen molar-refractivity contribution in [1.82, 2.24) is 0 Å². The van der Waals surface area contributed by atoms with Gasteiger partial charge in [-0.3, -0.25) is 4.79 Å². The van der Waals surface area contributed by atoms with Crippen molar-refractivity contribution < 1.29 is 9.90 Å². The quantitative estimate of drug-likeness (QED) is 0.841. The van der Waals surface area contributed by atoms with Crippen LogP contribution in [0.1, 0.15) is 35.2 Å². The Labute approximate surface area is 141 Å². The van der Waals surface area contributed by atoms with Crippen LogP contribution in [0.2, 0.25) is 0 Å². The molecular weight excluding hydrogens is 304 g/mol. The number of ketones is 1. The summed E-state index contributed by atoms with van der Waals surface area (Å²) in [5.41, 5.74) is 1.93. The molecule has 0 saturated heterocycles. The lowest BCUT2D eigenvalue weighted by Gasteiger charge is -2.34. The first-order valence-electron chi connectivity index (χ1n) is 8.16. The smallest absolute Gasteiger partial charge is 0.169 e. The average Bonchev–Trinajstić information content (AvgIpc) is 2.57. The van der Waals surface area contributed by atoms with Crippen LogP contribution in [-0.4, -0.2) is 22.2 Å². The number of hydrogen-bond acceptors (Lipinski definition) is 3. The summed E-state index contributed by atoms with van der Waals surface area (Å²) in [4.78, 5) is 14.1. The van der Waals surface area contributed by atoms with Crippen molar-refractivity contribution in [2.24, 2.45) is 5.92 Å². The van der Waals surface area contributed by atoms with Crippen molar-refractivity contribution in [2.75, 3.05) is 0 Å². The van der Waals surface area contributed by atoms with Gasteiger partial charge in [0.1, 0.15) is 0 Å². The molecule has 0 amide bonds. The third kappa shape index (κ3) is 3.85. The van der Waals surface area contributed by atoms with E-state index in [1.807, 2.05) is 30.3 Å². The minimum Gasteiger partial charge on any atom is -0.392 e. The Morgan fingerprint density at radius 2 is 1.74 bits per heavy atom.